The quantitative estimate of drug-likeness (QED) is 0.656. The molecule has 2 aromatic rings. The monoisotopic (exact) mass is 431 g/mol. The smallest absolute Gasteiger partial charge is 0.304 e. The molecule has 7 heteroatoms. The fourth-order valence-corrected chi connectivity index (χ4v) is 4.40. The first-order chi connectivity index (χ1) is 14.0. The van der Waals surface area contributed by atoms with Gasteiger partial charge >= 0.3 is 10.2 Å². The number of benzene rings is 2. The maximum absolute atomic E-state index is 13.0. The van der Waals surface area contributed by atoms with Gasteiger partial charge in [0.15, 0.2) is 0 Å². The molecule has 0 saturated carbocycles. The van der Waals surface area contributed by atoms with Crippen LogP contribution in [0.5, 0.6) is 0 Å². The van der Waals surface area contributed by atoms with Gasteiger partial charge in [0.1, 0.15) is 6.54 Å². The molecule has 0 spiro atoms. The van der Waals surface area contributed by atoms with E-state index in [1.807, 2.05) is 56.3 Å². The molecule has 0 unspecified atom stereocenters. The maximum atomic E-state index is 13.0. The number of amides is 1. The van der Waals surface area contributed by atoms with Crippen molar-refractivity contribution >= 4 is 21.8 Å². The zero-order valence-electron chi connectivity index (χ0n) is 18.7. The van der Waals surface area contributed by atoms with E-state index in [4.69, 9.17) is 0 Å². The fraction of sp³-hybridized carbons (Fsp3) is 0.435. The third-order valence-electron chi connectivity index (χ3n) is 4.90. The van der Waals surface area contributed by atoms with Crippen LogP contribution in [0.2, 0.25) is 0 Å². The molecule has 6 nitrogen and oxygen atoms in total. The van der Waals surface area contributed by atoms with Crippen LogP contribution in [0.15, 0.2) is 48.5 Å². The Bertz CT molecular complexity index is 957. The topological polar surface area (TPSA) is 69.7 Å². The van der Waals surface area contributed by atoms with Gasteiger partial charge in [-0.1, -0.05) is 56.3 Å². The summed E-state index contributed by atoms with van der Waals surface area (Å²) >= 11 is 0. The van der Waals surface area contributed by atoms with Crippen LogP contribution < -0.4 is 9.62 Å². The number of nitrogens with zero attached hydrogens (tertiary/aromatic N) is 2. The fourth-order valence-electron chi connectivity index (χ4n) is 3.28. The van der Waals surface area contributed by atoms with Crippen LogP contribution in [-0.2, 0) is 15.0 Å². The molecule has 0 aliphatic rings. The molecule has 1 atom stereocenters. The SMILES string of the molecule is Cc1ccc(C)c(N(CC(=O)N[C@@H](CC(C)C)c2ccccc2)S(=O)(=O)N(C)C)c1. The molecule has 0 radical (unpaired) electrons. The molecule has 0 bridgehead atoms. The molecule has 30 heavy (non-hydrogen) atoms. The van der Waals surface area contributed by atoms with Gasteiger partial charge in [-0.2, -0.15) is 12.7 Å². The van der Waals surface area contributed by atoms with Gasteiger partial charge in [-0.3, -0.25) is 4.79 Å². The molecule has 2 aromatic carbocycles. The van der Waals surface area contributed by atoms with Crippen LogP contribution in [0, 0.1) is 19.8 Å². The van der Waals surface area contributed by atoms with Gasteiger partial charge in [0, 0.05) is 14.1 Å². The van der Waals surface area contributed by atoms with Crippen molar-refractivity contribution in [1.29, 1.82) is 0 Å². The van der Waals surface area contributed by atoms with Gasteiger partial charge in [-0.25, -0.2) is 4.31 Å². The summed E-state index contributed by atoms with van der Waals surface area (Å²) in [6.07, 6.45) is 0.764. The predicted octanol–water partition coefficient (Wildman–Crippen LogP) is 3.82. The molecular formula is C23H33N3O3S. The molecule has 0 aliphatic heterocycles. The summed E-state index contributed by atoms with van der Waals surface area (Å²) in [6, 6.07) is 15.2. The number of anilines is 1. The molecule has 1 N–H and O–H groups in total. The highest BCUT2D eigenvalue weighted by Gasteiger charge is 2.29. The molecular weight excluding hydrogens is 398 g/mol. The highest BCUT2D eigenvalue weighted by atomic mass is 32.2. The van der Waals surface area contributed by atoms with E-state index in [2.05, 4.69) is 19.2 Å². The van der Waals surface area contributed by atoms with E-state index in [0.717, 1.165) is 27.4 Å². The average molecular weight is 432 g/mol. The molecule has 0 fully saturated rings. The van der Waals surface area contributed by atoms with Gasteiger partial charge in [0.25, 0.3) is 0 Å². The number of rotatable bonds is 9. The Kier molecular flexibility index (Phi) is 8.03. The minimum Gasteiger partial charge on any atom is -0.348 e. The van der Waals surface area contributed by atoms with Gasteiger partial charge in [0.2, 0.25) is 5.91 Å². The lowest BCUT2D eigenvalue weighted by Gasteiger charge is -2.29. The maximum Gasteiger partial charge on any atom is 0.304 e. The number of hydrogen-bond acceptors (Lipinski definition) is 3. The minimum absolute atomic E-state index is 0.179. The van der Waals surface area contributed by atoms with Crippen LogP contribution in [0.25, 0.3) is 0 Å². The molecule has 0 heterocycles. The van der Waals surface area contributed by atoms with Crippen molar-refractivity contribution in [1.82, 2.24) is 9.62 Å². The largest absolute Gasteiger partial charge is 0.348 e. The Labute approximate surface area is 181 Å². The van der Waals surface area contributed by atoms with Crippen LogP contribution in [0.1, 0.15) is 43.0 Å². The Morgan fingerprint density at radius 2 is 1.67 bits per heavy atom. The average Bonchev–Trinajstić information content (AvgIpc) is 2.67. The van der Waals surface area contributed by atoms with E-state index in [1.54, 1.807) is 6.07 Å². The van der Waals surface area contributed by atoms with E-state index in [0.29, 0.717) is 11.6 Å². The van der Waals surface area contributed by atoms with Crippen LogP contribution >= 0.6 is 0 Å². The van der Waals surface area contributed by atoms with Crippen LogP contribution in [0.4, 0.5) is 5.69 Å². The Balaban J connectivity index is 2.34. The summed E-state index contributed by atoms with van der Waals surface area (Å²) in [7, 11) is -0.906. The van der Waals surface area contributed by atoms with Crippen LogP contribution in [-0.4, -0.2) is 39.3 Å². The van der Waals surface area contributed by atoms with E-state index in [1.165, 1.54) is 18.4 Å². The summed E-state index contributed by atoms with van der Waals surface area (Å²) < 4.78 is 28.4. The first-order valence-electron chi connectivity index (χ1n) is 10.1. The lowest BCUT2D eigenvalue weighted by Crippen LogP contribution is -2.46. The summed E-state index contributed by atoms with van der Waals surface area (Å²) in [5.74, 6) is 0.0342. The van der Waals surface area contributed by atoms with Crippen molar-refractivity contribution in [2.75, 3.05) is 24.9 Å². The van der Waals surface area contributed by atoms with E-state index in [9.17, 15) is 13.2 Å². The van der Waals surface area contributed by atoms with Crippen LogP contribution in [0.3, 0.4) is 0 Å². The zero-order valence-corrected chi connectivity index (χ0v) is 19.5. The van der Waals surface area contributed by atoms with Gasteiger partial charge < -0.3 is 5.32 Å². The molecule has 0 aliphatic carbocycles. The van der Waals surface area contributed by atoms with Crippen molar-refractivity contribution in [3.05, 3.63) is 65.2 Å². The summed E-state index contributed by atoms with van der Waals surface area (Å²) in [5.41, 5.74) is 3.24. The van der Waals surface area contributed by atoms with Crippen molar-refractivity contribution in [2.24, 2.45) is 5.92 Å². The molecule has 1 amide bonds. The zero-order chi connectivity index (χ0) is 22.5. The third-order valence-corrected chi connectivity index (χ3v) is 6.71. The molecule has 0 saturated heterocycles. The van der Waals surface area contributed by atoms with Crippen molar-refractivity contribution < 1.29 is 13.2 Å². The Morgan fingerprint density at radius 1 is 1.03 bits per heavy atom. The van der Waals surface area contributed by atoms with Gasteiger partial charge in [-0.15, -0.1) is 0 Å². The second-order valence-electron chi connectivity index (χ2n) is 8.25. The van der Waals surface area contributed by atoms with Crippen molar-refractivity contribution in [3.63, 3.8) is 0 Å². The molecule has 0 aromatic heterocycles. The number of hydrogen-bond donors (Lipinski definition) is 1. The van der Waals surface area contributed by atoms with Gasteiger partial charge in [-0.05, 0) is 48.9 Å². The summed E-state index contributed by atoms with van der Waals surface area (Å²) in [6.45, 7) is 7.65. The van der Waals surface area contributed by atoms with Crippen molar-refractivity contribution in [2.45, 2.75) is 40.2 Å². The van der Waals surface area contributed by atoms with E-state index < -0.39 is 10.2 Å². The first kappa shape index (κ1) is 23.9. The summed E-state index contributed by atoms with van der Waals surface area (Å²) in [4.78, 5) is 13.0. The van der Waals surface area contributed by atoms with E-state index >= 15 is 0 Å². The second-order valence-corrected chi connectivity index (χ2v) is 10.3. The highest BCUT2D eigenvalue weighted by Crippen LogP contribution is 2.26. The Hall–Kier alpha value is -2.38. The molecule has 2 rings (SSSR count). The number of carbonyl (C=O) groups excluding carboxylic acids is 1. The minimum atomic E-state index is -3.84. The number of carbonyl (C=O) groups is 1. The lowest BCUT2D eigenvalue weighted by atomic mass is 9.97. The summed E-state index contributed by atoms with van der Waals surface area (Å²) in [5, 5.41) is 3.05. The van der Waals surface area contributed by atoms with Crippen molar-refractivity contribution in [3.8, 4) is 0 Å². The lowest BCUT2D eigenvalue weighted by molar-refractivity contribution is -0.120. The Morgan fingerprint density at radius 3 is 2.23 bits per heavy atom. The number of aryl methyl sites for hydroxylation is 2. The van der Waals surface area contributed by atoms with E-state index in [-0.39, 0.29) is 18.5 Å². The van der Waals surface area contributed by atoms with Gasteiger partial charge in [0.05, 0.1) is 11.7 Å². The number of nitrogens with one attached hydrogen (secondary N) is 1. The third kappa shape index (κ3) is 6.06. The molecule has 164 valence electrons. The normalized spacial score (nSPS) is 12.8. The highest BCUT2D eigenvalue weighted by molar-refractivity contribution is 7.90. The second kappa shape index (κ2) is 10.1. The standard InChI is InChI=1S/C23H33N3O3S/c1-17(2)14-21(20-10-8-7-9-11-20)24-23(27)16-26(30(28,29)25(5)6)22-15-18(3)12-13-19(22)4/h7-13,15,17,21H,14,16H2,1-6H3,(H,24,27)/t21-/m0/s1. The first-order valence-corrected chi connectivity index (χ1v) is 11.5. The predicted molar refractivity (Wildman–Crippen MR) is 123 cm³/mol.